The van der Waals surface area contributed by atoms with Crippen LogP contribution in [-0.2, 0) is 0 Å². The molecule has 126 valence electrons. The molecule has 5 heteroatoms. The number of aromatic nitrogens is 1. The van der Waals surface area contributed by atoms with Crippen LogP contribution in [-0.4, -0.2) is 28.1 Å². The molecule has 3 rings (SSSR count). The van der Waals surface area contributed by atoms with Crippen LogP contribution in [0.15, 0.2) is 24.3 Å². The van der Waals surface area contributed by atoms with Gasteiger partial charge in [-0.3, -0.25) is 9.59 Å². The van der Waals surface area contributed by atoms with Gasteiger partial charge >= 0.3 is 0 Å². The zero-order chi connectivity index (χ0) is 17.4. The van der Waals surface area contributed by atoms with Crippen molar-refractivity contribution in [1.82, 2.24) is 9.88 Å². The van der Waals surface area contributed by atoms with Crippen molar-refractivity contribution in [2.24, 2.45) is 0 Å². The van der Waals surface area contributed by atoms with Gasteiger partial charge in [0.25, 0.3) is 5.91 Å². The summed E-state index contributed by atoms with van der Waals surface area (Å²) in [5.41, 5.74) is 3.44. The summed E-state index contributed by atoms with van der Waals surface area (Å²) in [6.07, 6.45) is 1.77. The predicted octanol–water partition coefficient (Wildman–Crippen LogP) is 3.95. The van der Waals surface area contributed by atoms with Gasteiger partial charge in [-0.15, -0.1) is 0 Å². The lowest BCUT2D eigenvalue weighted by atomic mass is 10.0. The molecule has 2 heterocycles. The number of benzene rings is 1. The van der Waals surface area contributed by atoms with Crippen LogP contribution in [0, 0.1) is 19.7 Å². The summed E-state index contributed by atoms with van der Waals surface area (Å²) in [4.78, 5) is 29.7. The van der Waals surface area contributed by atoms with Gasteiger partial charge in [0.15, 0.2) is 5.78 Å². The van der Waals surface area contributed by atoms with Gasteiger partial charge in [-0.25, -0.2) is 4.39 Å². The normalized spacial score (nSPS) is 17.3. The van der Waals surface area contributed by atoms with E-state index in [1.54, 1.807) is 19.1 Å². The molecule has 1 atom stereocenters. The van der Waals surface area contributed by atoms with Gasteiger partial charge in [0.2, 0.25) is 0 Å². The average Bonchev–Trinajstić information content (AvgIpc) is 3.12. The maximum absolute atomic E-state index is 13.2. The highest BCUT2D eigenvalue weighted by Crippen LogP contribution is 2.34. The van der Waals surface area contributed by atoms with Gasteiger partial charge in [-0.2, -0.15) is 0 Å². The van der Waals surface area contributed by atoms with Gasteiger partial charge in [-0.1, -0.05) is 12.1 Å². The molecular formula is C19H21FN2O2. The monoisotopic (exact) mass is 328 g/mol. The van der Waals surface area contributed by atoms with E-state index in [1.165, 1.54) is 19.1 Å². The van der Waals surface area contributed by atoms with Crippen molar-refractivity contribution < 1.29 is 14.0 Å². The Morgan fingerprint density at radius 2 is 1.88 bits per heavy atom. The molecule has 0 bridgehead atoms. The minimum atomic E-state index is -0.281. The number of halogens is 1. The number of Topliss-reactive ketones (excluding diaryl/α,β-unsaturated/α-hetero) is 1. The molecule has 1 aromatic carbocycles. The molecule has 0 aliphatic carbocycles. The Kier molecular flexibility index (Phi) is 4.26. The SMILES string of the molecule is CC(=O)c1c(C)[nH]c(C(=O)N2CCC[C@H]2c2ccc(F)cc2)c1C. The van der Waals surface area contributed by atoms with Crippen LogP contribution in [0.25, 0.3) is 0 Å². The molecule has 4 nitrogen and oxygen atoms in total. The largest absolute Gasteiger partial charge is 0.354 e. The summed E-state index contributed by atoms with van der Waals surface area (Å²) < 4.78 is 13.2. The van der Waals surface area contributed by atoms with E-state index in [0.717, 1.165) is 24.1 Å². The second-order valence-electron chi connectivity index (χ2n) is 6.39. The van der Waals surface area contributed by atoms with Gasteiger partial charge in [-0.05, 0) is 56.9 Å². The van der Waals surface area contributed by atoms with Crippen molar-refractivity contribution in [3.63, 3.8) is 0 Å². The zero-order valence-corrected chi connectivity index (χ0v) is 14.1. The van der Waals surface area contributed by atoms with Crippen molar-refractivity contribution in [1.29, 1.82) is 0 Å². The number of nitrogens with zero attached hydrogens (tertiary/aromatic N) is 1. The molecule has 1 aliphatic rings. The fourth-order valence-electron chi connectivity index (χ4n) is 3.68. The van der Waals surface area contributed by atoms with Crippen LogP contribution in [0.4, 0.5) is 4.39 Å². The fraction of sp³-hybridized carbons (Fsp3) is 0.368. The number of aromatic amines is 1. The Morgan fingerprint density at radius 3 is 2.46 bits per heavy atom. The molecular weight excluding hydrogens is 307 g/mol. The van der Waals surface area contributed by atoms with E-state index in [1.807, 2.05) is 11.8 Å². The lowest BCUT2D eigenvalue weighted by Crippen LogP contribution is -2.31. The number of nitrogens with one attached hydrogen (secondary N) is 1. The second-order valence-corrected chi connectivity index (χ2v) is 6.39. The highest BCUT2D eigenvalue weighted by molar-refractivity contribution is 6.02. The number of carbonyl (C=O) groups is 2. The van der Waals surface area contributed by atoms with E-state index in [-0.39, 0.29) is 23.5 Å². The third kappa shape index (κ3) is 2.75. The van der Waals surface area contributed by atoms with E-state index >= 15 is 0 Å². The van der Waals surface area contributed by atoms with Crippen LogP contribution in [0.3, 0.4) is 0 Å². The maximum Gasteiger partial charge on any atom is 0.271 e. The van der Waals surface area contributed by atoms with Gasteiger partial charge < -0.3 is 9.88 Å². The van der Waals surface area contributed by atoms with Gasteiger partial charge in [0, 0.05) is 17.8 Å². The second kappa shape index (κ2) is 6.23. The number of ketones is 1. The van der Waals surface area contributed by atoms with E-state index in [0.29, 0.717) is 23.4 Å². The van der Waals surface area contributed by atoms with Crippen LogP contribution >= 0.6 is 0 Å². The number of rotatable bonds is 3. The minimum Gasteiger partial charge on any atom is -0.354 e. The zero-order valence-electron chi connectivity index (χ0n) is 14.1. The molecule has 0 saturated carbocycles. The smallest absolute Gasteiger partial charge is 0.271 e. The lowest BCUT2D eigenvalue weighted by molar-refractivity contribution is 0.0729. The van der Waals surface area contributed by atoms with Crippen molar-refractivity contribution in [3.8, 4) is 0 Å². The van der Waals surface area contributed by atoms with E-state index in [2.05, 4.69) is 4.98 Å². The summed E-state index contributed by atoms with van der Waals surface area (Å²) in [7, 11) is 0. The Bertz CT molecular complexity index is 792. The standard InChI is InChI=1S/C19H21FN2O2/c1-11-17(13(3)23)12(2)21-18(11)19(24)22-10-4-5-16(22)14-6-8-15(20)9-7-14/h6-9,16,21H,4-5,10H2,1-3H3/t16-/m0/s1. The molecule has 1 saturated heterocycles. The van der Waals surface area contributed by atoms with Gasteiger partial charge in [0.1, 0.15) is 11.5 Å². The first-order valence-electron chi connectivity index (χ1n) is 8.16. The first-order chi connectivity index (χ1) is 11.4. The van der Waals surface area contributed by atoms with Crippen molar-refractivity contribution in [3.05, 3.63) is 58.2 Å². The third-order valence-corrected chi connectivity index (χ3v) is 4.77. The number of likely N-dealkylation sites (tertiary alicyclic amines) is 1. The van der Waals surface area contributed by atoms with Crippen LogP contribution < -0.4 is 0 Å². The Labute approximate surface area is 140 Å². The average molecular weight is 328 g/mol. The molecule has 1 aromatic heterocycles. The predicted molar refractivity (Wildman–Crippen MR) is 89.7 cm³/mol. The summed E-state index contributed by atoms with van der Waals surface area (Å²) in [5, 5.41) is 0. The number of aryl methyl sites for hydroxylation is 1. The Hall–Kier alpha value is -2.43. The first kappa shape index (κ1) is 16.4. The molecule has 1 amide bonds. The number of H-pyrrole nitrogens is 1. The molecule has 1 fully saturated rings. The quantitative estimate of drug-likeness (QED) is 0.867. The maximum atomic E-state index is 13.2. The molecule has 1 N–H and O–H groups in total. The van der Waals surface area contributed by atoms with Crippen molar-refractivity contribution in [2.45, 2.75) is 39.7 Å². The molecule has 0 unspecified atom stereocenters. The van der Waals surface area contributed by atoms with Crippen LogP contribution in [0.2, 0.25) is 0 Å². The molecule has 24 heavy (non-hydrogen) atoms. The summed E-state index contributed by atoms with van der Waals surface area (Å²) >= 11 is 0. The Balaban J connectivity index is 1.93. The molecule has 2 aromatic rings. The fourth-order valence-corrected chi connectivity index (χ4v) is 3.68. The Morgan fingerprint density at radius 1 is 1.21 bits per heavy atom. The third-order valence-electron chi connectivity index (χ3n) is 4.77. The molecule has 1 aliphatic heterocycles. The molecule has 0 spiro atoms. The number of amides is 1. The topological polar surface area (TPSA) is 53.2 Å². The summed E-state index contributed by atoms with van der Waals surface area (Å²) in [6.45, 7) is 5.78. The summed E-state index contributed by atoms with van der Waals surface area (Å²) in [6, 6.07) is 6.27. The van der Waals surface area contributed by atoms with Crippen molar-refractivity contribution in [2.75, 3.05) is 6.54 Å². The highest BCUT2D eigenvalue weighted by atomic mass is 19.1. The number of hydrogen-bond acceptors (Lipinski definition) is 2. The summed E-state index contributed by atoms with van der Waals surface area (Å²) in [5.74, 6) is -0.428. The van der Waals surface area contributed by atoms with E-state index in [4.69, 9.17) is 0 Å². The van der Waals surface area contributed by atoms with E-state index < -0.39 is 0 Å². The van der Waals surface area contributed by atoms with Crippen LogP contribution in [0.5, 0.6) is 0 Å². The van der Waals surface area contributed by atoms with Crippen LogP contribution in [0.1, 0.15) is 63.5 Å². The lowest BCUT2D eigenvalue weighted by Gasteiger charge is -2.25. The van der Waals surface area contributed by atoms with Crippen molar-refractivity contribution >= 4 is 11.7 Å². The minimum absolute atomic E-state index is 0.0446. The number of carbonyl (C=O) groups excluding carboxylic acids is 2. The van der Waals surface area contributed by atoms with Gasteiger partial charge in [0.05, 0.1) is 6.04 Å². The van der Waals surface area contributed by atoms with E-state index in [9.17, 15) is 14.0 Å². The first-order valence-corrected chi connectivity index (χ1v) is 8.16. The highest BCUT2D eigenvalue weighted by Gasteiger charge is 2.33. The molecule has 0 radical (unpaired) electrons. The number of hydrogen-bond donors (Lipinski definition) is 1.